The van der Waals surface area contributed by atoms with Crippen LogP contribution in [0.4, 0.5) is 4.39 Å². The van der Waals surface area contributed by atoms with Crippen molar-refractivity contribution >= 4 is 0 Å². The van der Waals surface area contributed by atoms with Crippen LogP contribution in [0.1, 0.15) is 0 Å². The second-order valence-corrected chi connectivity index (χ2v) is 3.37. The molecule has 0 aliphatic carbocycles. The van der Waals surface area contributed by atoms with E-state index in [1.165, 1.54) is 6.07 Å². The highest BCUT2D eigenvalue weighted by atomic mass is 19.1. The van der Waals surface area contributed by atoms with E-state index < -0.39 is 5.82 Å². The van der Waals surface area contributed by atoms with Crippen molar-refractivity contribution in [1.82, 2.24) is 0 Å². The van der Waals surface area contributed by atoms with E-state index in [2.05, 4.69) is 0 Å². The fourth-order valence-corrected chi connectivity index (χ4v) is 1.51. The van der Waals surface area contributed by atoms with E-state index in [-0.39, 0.29) is 5.75 Å². The molecule has 0 aliphatic heterocycles. The molecule has 0 saturated heterocycles. The highest BCUT2D eigenvalue weighted by Gasteiger charge is 2.08. The van der Waals surface area contributed by atoms with Gasteiger partial charge in [0.05, 0.1) is 7.11 Å². The standard InChI is InChI=1S/C13H11FO2/c1-16-10-7-5-9(6-8-10)11-3-2-4-12(15)13(11)14/h2-8,15H,1H3. The Balaban J connectivity index is 2.46. The SMILES string of the molecule is COc1ccc(-c2cccc(O)c2F)cc1. The molecule has 0 fully saturated rings. The third-order valence-electron chi connectivity index (χ3n) is 2.38. The first-order valence-corrected chi connectivity index (χ1v) is 4.84. The Hall–Kier alpha value is -2.03. The average Bonchev–Trinajstić information content (AvgIpc) is 2.33. The lowest BCUT2D eigenvalue weighted by Crippen LogP contribution is -1.86. The number of benzene rings is 2. The molecule has 0 atom stereocenters. The Morgan fingerprint density at radius 3 is 2.38 bits per heavy atom. The van der Waals surface area contributed by atoms with Crippen molar-refractivity contribution in [2.24, 2.45) is 0 Å². The van der Waals surface area contributed by atoms with E-state index in [0.29, 0.717) is 16.9 Å². The van der Waals surface area contributed by atoms with Crippen molar-refractivity contribution < 1.29 is 14.2 Å². The van der Waals surface area contributed by atoms with Crippen molar-refractivity contribution in [1.29, 1.82) is 0 Å². The Morgan fingerprint density at radius 2 is 1.75 bits per heavy atom. The third kappa shape index (κ3) is 1.84. The Morgan fingerprint density at radius 1 is 1.06 bits per heavy atom. The molecule has 0 radical (unpaired) electrons. The molecule has 0 bridgehead atoms. The average molecular weight is 218 g/mol. The third-order valence-corrected chi connectivity index (χ3v) is 2.38. The highest BCUT2D eigenvalue weighted by molar-refractivity contribution is 5.66. The predicted octanol–water partition coefficient (Wildman–Crippen LogP) is 3.21. The summed E-state index contributed by atoms with van der Waals surface area (Å²) in [5.74, 6) is -0.231. The van der Waals surface area contributed by atoms with Crippen LogP contribution < -0.4 is 4.74 Å². The van der Waals surface area contributed by atoms with Crippen molar-refractivity contribution in [3.05, 3.63) is 48.3 Å². The Labute approximate surface area is 92.9 Å². The number of hydrogen-bond donors (Lipinski definition) is 1. The van der Waals surface area contributed by atoms with Crippen molar-refractivity contribution in [3.63, 3.8) is 0 Å². The second kappa shape index (κ2) is 4.23. The maximum absolute atomic E-state index is 13.6. The van der Waals surface area contributed by atoms with Gasteiger partial charge in [-0.25, -0.2) is 4.39 Å². The summed E-state index contributed by atoms with van der Waals surface area (Å²) >= 11 is 0. The summed E-state index contributed by atoms with van der Waals surface area (Å²) < 4.78 is 18.6. The zero-order valence-corrected chi connectivity index (χ0v) is 8.77. The van der Waals surface area contributed by atoms with E-state index in [1.807, 2.05) is 0 Å². The minimum Gasteiger partial charge on any atom is -0.505 e. The van der Waals surface area contributed by atoms with E-state index >= 15 is 0 Å². The van der Waals surface area contributed by atoms with Gasteiger partial charge in [0.25, 0.3) is 0 Å². The highest BCUT2D eigenvalue weighted by Crippen LogP contribution is 2.29. The molecule has 2 aromatic carbocycles. The van der Waals surface area contributed by atoms with Crippen LogP contribution in [-0.2, 0) is 0 Å². The lowest BCUT2D eigenvalue weighted by atomic mass is 10.0. The van der Waals surface area contributed by atoms with Crippen molar-refractivity contribution in [2.75, 3.05) is 7.11 Å². The number of hydrogen-bond acceptors (Lipinski definition) is 2. The van der Waals surface area contributed by atoms with Gasteiger partial charge in [-0.05, 0) is 23.8 Å². The topological polar surface area (TPSA) is 29.5 Å². The maximum atomic E-state index is 13.6. The molecule has 3 heteroatoms. The number of phenols is 1. The summed E-state index contributed by atoms with van der Waals surface area (Å²) in [5.41, 5.74) is 1.08. The first-order valence-electron chi connectivity index (χ1n) is 4.84. The molecule has 1 N–H and O–H groups in total. The number of halogens is 1. The summed E-state index contributed by atoms with van der Waals surface area (Å²) in [6, 6.07) is 11.5. The Kier molecular flexibility index (Phi) is 2.77. The minimum atomic E-state index is -0.604. The van der Waals surface area contributed by atoms with Crippen LogP contribution in [-0.4, -0.2) is 12.2 Å². The summed E-state index contributed by atoms with van der Waals surface area (Å²) in [6.45, 7) is 0. The molecule has 0 heterocycles. The summed E-state index contributed by atoms with van der Waals surface area (Å²) in [6.07, 6.45) is 0. The molecular weight excluding hydrogens is 207 g/mol. The van der Waals surface area contributed by atoms with E-state index in [0.717, 1.165) is 0 Å². The first kappa shape index (κ1) is 10.5. The summed E-state index contributed by atoms with van der Waals surface area (Å²) in [5, 5.41) is 9.26. The van der Waals surface area contributed by atoms with E-state index in [1.54, 1.807) is 43.5 Å². The monoisotopic (exact) mass is 218 g/mol. The van der Waals surface area contributed by atoms with Crippen LogP contribution in [0.5, 0.6) is 11.5 Å². The predicted molar refractivity (Wildman–Crippen MR) is 60.1 cm³/mol. The molecule has 2 nitrogen and oxygen atoms in total. The van der Waals surface area contributed by atoms with Gasteiger partial charge < -0.3 is 9.84 Å². The molecule has 82 valence electrons. The van der Waals surface area contributed by atoms with Crippen molar-refractivity contribution in [3.8, 4) is 22.6 Å². The van der Waals surface area contributed by atoms with Gasteiger partial charge in [0, 0.05) is 5.56 Å². The largest absolute Gasteiger partial charge is 0.505 e. The van der Waals surface area contributed by atoms with E-state index in [4.69, 9.17) is 4.74 Å². The number of methoxy groups -OCH3 is 1. The van der Waals surface area contributed by atoms with Gasteiger partial charge in [-0.2, -0.15) is 0 Å². The lowest BCUT2D eigenvalue weighted by molar-refractivity contribution is 0.415. The summed E-state index contributed by atoms with van der Waals surface area (Å²) in [4.78, 5) is 0. The molecule has 0 saturated carbocycles. The molecule has 2 aromatic rings. The minimum absolute atomic E-state index is 0.340. The van der Waals surface area contributed by atoms with Crippen LogP contribution in [0.25, 0.3) is 11.1 Å². The van der Waals surface area contributed by atoms with Gasteiger partial charge in [0.15, 0.2) is 11.6 Å². The molecule has 0 unspecified atom stereocenters. The van der Waals surface area contributed by atoms with Crippen LogP contribution in [0.15, 0.2) is 42.5 Å². The molecule has 2 rings (SSSR count). The van der Waals surface area contributed by atoms with Gasteiger partial charge >= 0.3 is 0 Å². The van der Waals surface area contributed by atoms with Crippen LogP contribution >= 0.6 is 0 Å². The van der Waals surface area contributed by atoms with Gasteiger partial charge in [0.2, 0.25) is 0 Å². The van der Waals surface area contributed by atoms with Gasteiger partial charge in [-0.15, -0.1) is 0 Å². The molecule has 0 spiro atoms. The molecule has 0 amide bonds. The molecule has 16 heavy (non-hydrogen) atoms. The number of rotatable bonds is 2. The number of aromatic hydroxyl groups is 1. The second-order valence-electron chi connectivity index (χ2n) is 3.37. The number of ether oxygens (including phenoxy) is 1. The molecule has 0 aliphatic rings. The quantitative estimate of drug-likeness (QED) is 0.838. The van der Waals surface area contributed by atoms with Gasteiger partial charge in [-0.3, -0.25) is 0 Å². The summed E-state index contributed by atoms with van der Waals surface area (Å²) in [7, 11) is 1.57. The normalized spacial score (nSPS) is 10.1. The zero-order valence-electron chi connectivity index (χ0n) is 8.77. The Bertz CT molecular complexity index is 492. The van der Waals surface area contributed by atoms with E-state index in [9.17, 15) is 9.50 Å². The smallest absolute Gasteiger partial charge is 0.172 e. The maximum Gasteiger partial charge on any atom is 0.172 e. The van der Waals surface area contributed by atoms with Gasteiger partial charge in [0.1, 0.15) is 5.75 Å². The van der Waals surface area contributed by atoms with Crippen LogP contribution in [0, 0.1) is 5.82 Å². The first-order chi connectivity index (χ1) is 7.72. The van der Waals surface area contributed by atoms with Gasteiger partial charge in [-0.1, -0.05) is 24.3 Å². The fraction of sp³-hybridized carbons (Fsp3) is 0.0769. The fourth-order valence-electron chi connectivity index (χ4n) is 1.51. The molecule has 0 aromatic heterocycles. The van der Waals surface area contributed by atoms with Crippen LogP contribution in [0.3, 0.4) is 0 Å². The molecular formula is C13H11FO2. The number of phenolic OH excluding ortho intramolecular Hbond substituents is 1. The van der Waals surface area contributed by atoms with Crippen LogP contribution in [0.2, 0.25) is 0 Å². The lowest BCUT2D eigenvalue weighted by Gasteiger charge is -2.05. The zero-order chi connectivity index (χ0) is 11.5. The van der Waals surface area contributed by atoms with Crippen molar-refractivity contribution in [2.45, 2.75) is 0 Å².